The Kier molecular flexibility index (Phi) is 6.42. The van der Waals surface area contributed by atoms with Crippen molar-refractivity contribution in [1.29, 1.82) is 0 Å². The topological polar surface area (TPSA) is 99.6 Å². The van der Waals surface area contributed by atoms with Crippen LogP contribution in [-0.2, 0) is 9.53 Å². The standard InChI is InChI=1S/C17H21NO5S/c1-3-23-17(22)14-8-11-4-5-12(9-13(11)18-14)16(21)15(20)6-7-24-10(2)19/h4-5,8-9,15-16,18,20-21H,3,6-7H2,1-2H3. The predicted molar refractivity (Wildman–Crippen MR) is 93.0 cm³/mol. The zero-order valence-corrected chi connectivity index (χ0v) is 14.4. The summed E-state index contributed by atoms with van der Waals surface area (Å²) in [6, 6.07) is 6.86. The van der Waals surface area contributed by atoms with Crippen LogP contribution in [0.5, 0.6) is 0 Å². The number of thioether (sulfide) groups is 1. The third-order valence-electron chi connectivity index (χ3n) is 3.57. The van der Waals surface area contributed by atoms with Crippen molar-refractivity contribution in [2.75, 3.05) is 12.4 Å². The first-order valence-electron chi connectivity index (χ1n) is 7.71. The quantitative estimate of drug-likeness (QED) is 0.663. The fourth-order valence-corrected chi connectivity index (χ4v) is 3.00. The smallest absolute Gasteiger partial charge is 0.354 e. The van der Waals surface area contributed by atoms with Crippen molar-refractivity contribution in [2.24, 2.45) is 0 Å². The number of hydrogen-bond donors (Lipinski definition) is 3. The number of ether oxygens (including phenoxy) is 1. The van der Waals surface area contributed by atoms with Crippen LogP contribution in [0.25, 0.3) is 10.9 Å². The van der Waals surface area contributed by atoms with Gasteiger partial charge in [0.15, 0.2) is 5.12 Å². The van der Waals surface area contributed by atoms with Crippen LogP contribution in [-0.4, -0.2) is 44.7 Å². The normalized spacial score (nSPS) is 13.7. The van der Waals surface area contributed by atoms with Gasteiger partial charge in [0.05, 0.1) is 12.7 Å². The van der Waals surface area contributed by atoms with Gasteiger partial charge in [-0.25, -0.2) is 4.79 Å². The van der Waals surface area contributed by atoms with Gasteiger partial charge in [-0.05, 0) is 31.0 Å². The van der Waals surface area contributed by atoms with Crippen LogP contribution < -0.4 is 0 Å². The second-order valence-corrected chi connectivity index (χ2v) is 6.66. The Bertz CT molecular complexity index is 727. The van der Waals surface area contributed by atoms with Gasteiger partial charge in [0.1, 0.15) is 11.8 Å². The summed E-state index contributed by atoms with van der Waals surface area (Å²) in [5.74, 6) is 0.0165. The Labute approximate surface area is 144 Å². The molecule has 1 heterocycles. The number of rotatable bonds is 7. The summed E-state index contributed by atoms with van der Waals surface area (Å²) in [4.78, 5) is 25.6. The van der Waals surface area contributed by atoms with Gasteiger partial charge in [0.2, 0.25) is 0 Å². The SMILES string of the molecule is CCOC(=O)c1cc2ccc(C(O)C(O)CCSC(C)=O)cc2[nH]1. The number of hydrogen-bond acceptors (Lipinski definition) is 6. The van der Waals surface area contributed by atoms with Crippen LogP contribution in [0.15, 0.2) is 24.3 Å². The Hall–Kier alpha value is -1.83. The summed E-state index contributed by atoms with van der Waals surface area (Å²) < 4.78 is 4.95. The number of aromatic nitrogens is 1. The number of esters is 1. The van der Waals surface area contributed by atoms with Gasteiger partial charge < -0.3 is 19.9 Å². The lowest BCUT2D eigenvalue weighted by molar-refractivity contribution is -0.109. The minimum Gasteiger partial charge on any atom is -0.461 e. The van der Waals surface area contributed by atoms with E-state index in [1.165, 1.54) is 6.92 Å². The largest absolute Gasteiger partial charge is 0.461 e. The molecule has 0 radical (unpaired) electrons. The van der Waals surface area contributed by atoms with E-state index in [1.54, 1.807) is 31.2 Å². The van der Waals surface area contributed by atoms with Gasteiger partial charge in [-0.1, -0.05) is 23.9 Å². The van der Waals surface area contributed by atoms with E-state index in [4.69, 9.17) is 4.74 Å². The molecule has 2 rings (SSSR count). The molecule has 0 aliphatic carbocycles. The summed E-state index contributed by atoms with van der Waals surface area (Å²) in [6.45, 7) is 3.50. The number of aliphatic hydroxyl groups excluding tert-OH is 2. The number of fused-ring (bicyclic) bond motifs is 1. The van der Waals surface area contributed by atoms with Crippen molar-refractivity contribution in [3.05, 3.63) is 35.5 Å². The summed E-state index contributed by atoms with van der Waals surface area (Å²) in [6.07, 6.45) is -1.72. The molecule has 3 N–H and O–H groups in total. The van der Waals surface area contributed by atoms with Crippen LogP contribution in [0.4, 0.5) is 0 Å². The number of aromatic amines is 1. The molecule has 0 bridgehead atoms. The summed E-state index contributed by atoms with van der Waals surface area (Å²) >= 11 is 1.12. The van der Waals surface area contributed by atoms with E-state index < -0.39 is 18.2 Å². The van der Waals surface area contributed by atoms with Crippen LogP contribution in [0.2, 0.25) is 0 Å². The van der Waals surface area contributed by atoms with E-state index in [1.807, 2.05) is 0 Å². The van der Waals surface area contributed by atoms with E-state index in [9.17, 15) is 19.8 Å². The van der Waals surface area contributed by atoms with Crippen LogP contribution >= 0.6 is 11.8 Å². The van der Waals surface area contributed by atoms with Gasteiger partial charge in [-0.15, -0.1) is 0 Å². The van der Waals surface area contributed by atoms with E-state index in [0.29, 0.717) is 35.6 Å². The molecule has 1 aromatic carbocycles. The van der Waals surface area contributed by atoms with E-state index in [2.05, 4.69) is 4.98 Å². The second kappa shape index (κ2) is 8.32. The third-order valence-corrected chi connectivity index (χ3v) is 4.41. The molecule has 2 unspecified atom stereocenters. The van der Waals surface area contributed by atoms with Gasteiger partial charge in [-0.2, -0.15) is 0 Å². The van der Waals surface area contributed by atoms with Gasteiger partial charge >= 0.3 is 5.97 Å². The van der Waals surface area contributed by atoms with Crippen LogP contribution in [0.1, 0.15) is 42.4 Å². The summed E-state index contributed by atoms with van der Waals surface area (Å²) in [7, 11) is 0. The average molecular weight is 351 g/mol. The number of carbonyl (C=O) groups excluding carboxylic acids is 2. The monoisotopic (exact) mass is 351 g/mol. The van der Waals surface area contributed by atoms with Crippen LogP contribution in [0.3, 0.4) is 0 Å². The molecule has 130 valence electrons. The molecule has 2 aromatic rings. The number of aliphatic hydroxyl groups is 2. The molecule has 0 fully saturated rings. The van der Waals surface area contributed by atoms with E-state index in [-0.39, 0.29) is 5.12 Å². The lowest BCUT2D eigenvalue weighted by Crippen LogP contribution is -2.19. The zero-order chi connectivity index (χ0) is 17.7. The van der Waals surface area contributed by atoms with Crippen LogP contribution in [0, 0.1) is 0 Å². The first-order chi connectivity index (χ1) is 11.4. The van der Waals surface area contributed by atoms with Crippen molar-refractivity contribution >= 4 is 33.7 Å². The fraction of sp³-hybridized carbons (Fsp3) is 0.412. The number of nitrogens with one attached hydrogen (secondary N) is 1. The van der Waals surface area contributed by atoms with Gasteiger partial charge in [-0.3, -0.25) is 4.79 Å². The lowest BCUT2D eigenvalue weighted by atomic mass is 10.0. The van der Waals surface area contributed by atoms with E-state index >= 15 is 0 Å². The molecule has 0 saturated carbocycles. The molecule has 24 heavy (non-hydrogen) atoms. The highest BCUT2D eigenvalue weighted by Crippen LogP contribution is 2.25. The highest BCUT2D eigenvalue weighted by atomic mass is 32.2. The highest BCUT2D eigenvalue weighted by Gasteiger charge is 2.19. The summed E-state index contributed by atoms with van der Waals surface area (Å²) in [5, 5.41) is 21.1. The molecule has 0 aliphatic heterocycles. The number of carbonyl (C=O) groups is 2. The van der Waals surface area contributed by atoms with Gasteiger partial charge in [0, 0.05) is 23.6 Å². The van der Waals surface area contributed by atoms with E-state index in [0.717, 1.165) is 17.1 Å². The zero-order valence-electron chi connectivity index (χ0n) is 13.6. The Balaban J connectivity index is 2.11. The molecule has 0 amide bonds. The molecule has 0 aliphatic rings. The van der Waals surface area contributed by atoms with Crippen molar-refractivity contribution < 1.29 is 24.5 Å². The molecule has 7 heteroatoms. The molecular weight excluding hydrogens is 330 g/mol. The molecule has 1 aromatic heterocycles. The minimum absolute atomic E-state index is 0.0176. The summed E-state index contributed by atoms with van der Waals surface area (Å²) in [5.41, 5.74) is 1.57. The second-order valence-electron chi connectivity index (χ2n) is 5.39. The Morgan fingerprint density at radius 3 is 2.71 bits per heavy atom. The minimum atomic E-state index is -1.06. The number of H-pyrrole nitrogens is 1. The van der Waals surface area contributed by atoms with Crippen molar-refractivity contribution in [2.45, 2.75) is 32.5 Å². The van der Waals surface area contributed by atoms with Crippen molar-refractivity contribution in [1.82, 2.24) is 4.98 Å². The Morgan fingerprint density at radius 2 is 2.04 bits per heavy atom. The molecular formula is C17H21NO5S. The van der Waals surface area contributed by atoms with Crippen molar-refractivity contribution in [3.8, 4) is 0 Å². The average Bonchev–Trinajstić information content (AvgIpc) is 2.97. The number of benzene rings is 1. The molecule has 0 spiro atoms. The first kappa shape index (κ1) is 18.5. The lowest BCUT2D eigenvalue weighted by Gasteiger charge is -2.17. The third kappa shape index (κ3) is 4.59. The maximum absolute atomic E-state index is 11.7. The molecule has 6 nitrogen and oxygen atoms in total. The molecule has 2 atom stereocenters. The fourth-order valence-electron chi connectivity index (χ4n) is 2.35. The predicted octanol–water partition coefficient (Wildman–Crippen LogP) is 2.41. The maximum Gasteiger partial charge on any atom is 0.354 e. The molecule has 0 saturated heterocycles. The Morgan fingerprint density at radius 1 is 1.29 bits per heavy atom. The first-order valence-corrected chi connectivity index (χ1v) is 8.70. The van der Waals surface area contributed by atoms with Gasteiger partial charge in [0.25, 0.3) is 0 Å². The highest BCUT2D eigenvalue weighted by molar-refractivity contribution is 8.13. The maximum atomic E-state index is 11.7. The van der Waals surface area contributed by atoms with Crippen molar-refractivity contribution in [3.63, 3.8) is 0 Å².